The molecule has 3 unspecified atom stereocenters. The summed E-state index contributed by atoms with van der Waals surface area (Å²) in [6.45, 7) is 8.39. The average molecular weight is 507 g/mol. The Hall–Kier alpha value is -3.62. The molecule has 1 aromatic heterocycles. The maximum atomic E-state index is 10.7. The second-order valence-corrected chi connectivity index (χ2v) is 12.1. The standard InChI is InChI=1S/C32H27O4P/c1-16-11-18(3)30-21(13-16)22-14-17(2)12-19(4)31(22)36-37(35-30)34-26-10-5-7-20-24-15-32(24)23-8-6-9-25(33)28(23)29(32)27(20)26/h5-14,24,29,33H,15H2,1-4H3. The van der Waals surface area contributed by atoms with Gasteiger partial charge in [-0.1, -0.05) is 36.4 Å². The molecule has 0 amide bonds. The fourth-order valence-corrected chi connectivity index (χ4v) is 8.59. The summed E-state index contributed by atoms with van der Waals surface area (Å²) in [5.74, 6) is 1.84. The van der Waals surface area contributed by atoms with Crippen LogP contribution in [0.1, 0.15) is 62.8 Å². The highest BCUT2D eigenvalue weighted by molar-refractivity contribution is 7.32. The molecule has 1 heterocycles. The lowest BCUT2D eigenvalue weighted by molar-refractivity contribution is 0.425. The van der Waals surface area contributed by atoms with Crippen molar-refractivity contribution in [2.24, 2.45) is 0 Å². The Morgan fingerprint density at radius 2 is 1.49 bits per heavy atom. The minimum Gasteiger partial charge on any atom is -0.508 e. The lowest BCUT2D eigenvalue weighted by atomic mass is 9.63. The zero-order valence-electron chi connectivity index (χ0n) is 21.3. The fourth-order valence-electron chi connectivity index (χ4n) is 7.37. The Balaban J connectivity index is 1.35. The van der Waals surface area contributed by atoms with E-state index in [0.717, 1.165) is 50.8 Å². The molecule has 8 rings (SSSR count). The highest BCUT2D eigenvalue weighted by Crippen LogP contribution is 2.82. The maximum absolute atomic E-state index is 10.7. The predicted molar refractivity (Wildman–Crippen MR) is 147 cm³/mol. The van der Waals surface area contributed by atoms with Crippen molar-refractivity contribution in [1.82, 2.24) is 0 Å². The number of benzene rings is 4. The summed E-state index contributed by atoms with van der Waals surface area (Å²) in [7, 11) is -1.75. The third-order valence-electron chi connectivity index (χ3n) is 8.79. The number of rotatable bonds is 2. The molecule has 4 nitrogen and oxygen atoms in total. The van der Waals surface area contributed by atoms with Crippen molar-refractivity contribution in [2.75, 3.05) is 0 Å². The van der Waals surface area contributed by atoms with Crippen LogP contribution in [-0.4, -0.2) is 5.11 Å². The van der Waals surface area contributed by atoms with Crippen molar-refractivity contribution in [1.29, 1.82) is 0 Å². The maximum Gasteiger partial charge on any atom is 0.453 e. The normalized spacial score (nSPS) is 22.2. The molecular formula is C32H27O4P. The summed E-state index contributed by atoms with van der Waals surface area (Å²) in [5.41, 5.74) is 11.2. The Kier molecular flexibility index (Phi) is 4.07. The summed E-state index contributed by atoms with van der Waals surface area (Å²) in [4.78, 5) is 0. The van der Waals surface area contributed by atoms with Gasteiger partial charge in [0.05, 0.1) is 0 Å². The molecule has 4 aromatic carbocycles. The molecule has 3 atom stereocenters. The molecule has 0 saturated heterocycles. The number of hydrogen-bond acceptors (Lipinski definition) is 4. The minimum absolute atomic E-state index is 0.121. The van der Waals surface area contributed by atoms with E-state index >= 15 is 0 Å². The monoisotopic (exact) mass is 506 g/mol. The Bertz CT molecular complexity index is 1800. The lowest BCUT2D eigenvalue weighted by Crippen LogP contribution is -2.30. The van der Waals surface area contributed by atoms with Gasteiger partial charge in [-0.2, -0.15) is 0 Å². The van der Waals surface area contributed by atoms with Gasteiger partial charge in [-0.25, -0.2) is 0 Å². The molecule has 5 aromatic rings. The first-order chi connectivity index (χ1) is 17.9. The predicted octanol–water partition coefficient (Wildman–Crippen LogP) is 8.96. The Morgan fingerprint density at radius 3 is 2.16 bits per heavy atom. The number of phenolic OH excluding ortho intramolecular Hbond substituents is 1. The zero-order chi connectivity index (χ0) is 25.2. The molecule has 5 heteroatoms. The largest absolute Gasteiger partial charge is 0.508 e. The van der Waals surface area contributed by atoms with Crippen LogP contribution in [0.4, 0.5) is 0 Å². The van der Waals surface area contributed by atoms with E-state index in [4.69, 9.17) is 12.9 Å². The van der Waals surface area contributed by atoms with E-state index in [0.29, 0.717) is 11.7 Å². The van der Waals surface area contributed by atoms with Crippen molar-refractivity contribution >= 4 is 30.2 Å². The molecule has 3 aliphatic carbocycles. The van der Waals surface area contributed by atoms with E-state index in [9.17, 15) is 5.11 Å². The molecule has 37 heavy (non-hydrogen) atoms. The van der Waals surface area contributed by atoms with Crippen LogP contribution in [-0.2, 0) is 5.41 Å². The molecular weight excluding hydrogens is 479 g/mol. The van der Waals surface area contributed by atoms with Crippen LogP contribution in [0.2, 0.25) is 0 Å². The van der Waals surface area contributed by atoms with Gasteiger partial charge >= 0.3 is 8.24 Å². The number of phenols is 1. The van der Waals surface area contributed by atoms with Crippen LogP contribution in [0.3, 0.4) is 0 Å². The highest BCUT2D eigenvalue weighted by Gasteiger charge is 2.73. The van der Waals surface area contributed by atoms with Crippen LogP contribution >= 0.6 is 8.24 Å². The average Bonchev–Trinajstić information content (AvgIpc) is 3.59. The number of hydrogen-bond donors (Lipinski definition) is 1. The summed E-state index contributed by atoms with van der Waals surface area (Å²) in [5, 5.41) is 12.8. The van der Waals surface area contributed by atoms with Gasteiger partial charge in [-0.05, 0) is 97.7 Å². The van der Waals surface area contributed by atoms with E-state index < -0.39 is 8.24 Å². The fraction of sp³-hybridized carbons (Fsp3) is 0.250. The zero-order valence-corrected chi connectivity index (χ0v) is 22.1. The van der Waals surface area contributed by atoms with Gasteiger partial charge < -0.3 is 18.0 Å². The van der Waals surface area contributed by atoms with Gasteiger partial charge in [0.2, 0.25) is 0 Å². The third kappa shape index (κ3) is 2.69. The van der Waals surface area contributed by atoms with Crippen LogP contribution in [0.25, 0.3) is 21.9 Å². The Labute approximate surface area is 216 Å². The molecule has 0 bridgehead atoms. The van der Waals surface area contributed by atoms with Crippen molar-refractivity contribution in [3.05, 3.63) is 105 Å². The van der Waals surface area contributed by atoms with E-state index in [1.807, 2.05) is 12.1 Å². The molecule has 3 aliphatic rings. The van der Waals surface area contributed by atoms with Crippen molar-refractivity contribution in [3.63, 3.8) is 0 Å². The third-order valence-corrected chi connectivity index (χ3v) is 9.80. The highest BCUT2D eigenvalue weighted by atomic mass is 31.1. The van der Waals surface area contributed by atoms with Crippen LogP contribution in [0.5, 0.6) is 11.5 Å². The van der Waals surface area contributed by atoms with Crippen molar-refractivity contribution in [3.8, 4) is 11.5 Å². The molecule has 1 fully saturated rings. The summed E-state index contributed by atoms with van der Waals surface area (Å²) < 4.78 is 19.8. The van der Waals surface area contributed by atoms with Crippen LogP contribution < -0.4 is 4.52 Å². The van der Waals surface area contributed by atoms with Crippen molar-refractivity contribution < 1.29 is 18.0 Å². The number of fused-ring (bicyclic) bond motifs is 8. The van der Waals surface area contributed by atoms with Gasteiger partial charge in [0.1, 0.15) is 22.7 Å². The molecule has 1 saturated carbocycles. The van der Waals surface area contributed by atoms with Crippen molar-refractivity contribution in [2.45, 2.75) is 51.4 Å². The van der Waals surface area contributed by atoms with E-state index in [1.54, 1.807) is 6.07 Å². The van der Waals surface area contributed by atoms with E-state index in [2.05, 4.69) is 70.2 Å². The summed E-state index contributed by atoms with van der Waals surface area (Å²) in [6.07, 6.45) is 1.14. The van der Waals surface area contributed by atoms with Crippen LogP contribution in [0.15, 0.2) is 69.1 Å². The quantitative estimate of drug-likeness (QED) is 0.260. The van der Waals surface area contributed by atoms with Gasteiger partial charge in [0.15, 0.2) is 0 Å². The lowest BCUT2D eigenvalue weighted by Gasteiger charge is -2.39. The van der Waals surface area contributed by atoms with Gasteiger partial charge in [0.25, 0.3) is 0 Å². The minimum atomic E-state index is -1.75. The topological polar surface area (TPSA) is 55.7 Å². The summed E-state index contributed by atoms with van der Waals surface area (Å²) >= 11 is 0. The SMILES string of the molecule is Cc1cc(C)c2op(Oc3cccc4c3C3c5c(O)cccc5C35CC45)oc3c(C)cc(C)cc3c2c1. The van der Waals surface area contributed by atoms with Gasteiger partial charge in [-0.3, -0.25) is 0 Å². The second-order valence-electron chi connectivity index (χ2n) is 11.1. The van der Waals surface area contributed by atoms with E-state index in [-0.39, 0.29) is 11.3 Å². The molecule has 0 radical (unpaired) electrons. The Morgan fingerprint density at radius 1 is 0.838 bits per heavy atom. The number of aryl methyl sites for hydroxylation is 4. The first-order valence-electron chi connectivity index (χ1n) is 12.9. The first kappa shape index (κ1) is 21.5. The number of aromatic hydroxyl groups is 1. The van der Waals surface area contributed by atoms with E-state index in [1.165, 1.54) is 27.8 Å². The molecule has 184 valence electrons. The summed E-state index contributed by atoms with van der Waals surface area (Å²) in [6, 6.07) is 20.9. The second kappa shape index (κ2) is 7.02. The van der Waals surface area contributed by atoms with Crippen LogP contribution in [0, 0.1) is 27.7 Å². The first-order valence-corrected chi connectivity index (χ1v) is 14.0. The van der Waals surface area contributed by atoms with Gasteiger partial charge in [-0.15, -0.1) is 0 Å². The van der Waals surface area contributed by atoms with Gasteiger partial charge in [0, 0.05) is 33.2 Å². The molecule has 0 aliphatic heterocycles. The molecule has 1 spiro atoms. The molecule has 1 N–H and O–H groups in total. The smallest absolute Gasteiger partial charge is 0.453 e.